The highest BCUT2D eigenvalue weighted by Gasteiger charge is 2.08. The Morgan fingerprint density at radius 2 is 2.28 bits per heavy atom. The van der Waals surface area contributed by atoms with E-state index in [0.717, 1.165) is 4.90 Å². The number of hydrogen-bond donors (Lipinski definition) is 2. The summed E-state index contributed by atoms with van der Waals surface area (Å²) in [5.41, 5.74) is 6.35. The quantitative estimate of drug-likeness (QED) is 0.650. The van der Waals surface area contributed by atoms with E-state index in [9.17, 15) is 4.79 Å². The second-order valence-corrected chi connectivity index (χ2v) is 4.47. The van der Waals surface area contributed by atoms with Crippen LogP contribution in [-0.2, 0) is 0 Å². The SMILES string of the molecule is CCOc1cccc(Sc2nccc(=O)[nH]2)c1N. The van der Waals surface area contributed by atoms with Gasteiger partial charge in [-0.15, -0.1) is 0 Å². The minimum atomic E-state index is -0.188. The maximum Gasteiger partial charge on any atom is 0.251 e. The largest absolute Gasteiger partial charge is 0.492 e. The molecular formula is C12H13N3O2S. The summed E-state index contributed by atoms with van der Waals surface area (Å²) in [6.45, 7) is 2.45. The standard InChI is InChI=1S/C12H13N3O2S/c1-2-17-8-4-3-5-9(11(8)13)18-12-14-7-6-10(16)15-12/h3-7H,2,13H2,1H3,(H,14,15,16). The second-order valence-electron chi connectivity index (χ2n) is 3.44. The van der Waals surface area contributed by atoms with Crippen molar-refractivity contribution in [3.63, 3.8) is 0 Å². The molecule has 94 valence electrons. The lowest BCUT2D eigenvalue weighted by molar-refractivity contribution is 0.341. The van der Waals surface area contributed by atoms with E-state index in [1.54, 1.807) is 0 Å². The lowest BCUT2D eigenvalue weighted by Crippen LogP contribution is -2.05. The molecule has 1 heterocycles. The zero-order valence-corrected chi connectivity index (χ0v) is 10.7. The Bertz CT molecular complexity index is 598. The highest BCUT2D eigenvalue weighted by Crippen LogP contribution is 2.35. The first-order valence-electron chi connectivity index (χ1n) is 5.45. The molecule has 2 aromatic rings. The number of benzene rings is 1. The first-order valence-corrected chi connectivity index (χ1v) is 6.27. The third-order valence-electron chi connectivity index (χ3n) is 2.18. The fourth-order valence-electron chi connectivity index (χ4n) is 1.40. The van der Waals surface area contributed by atoms with Gasteiger partial charge in [0.15, 0.2) is 5.16 Å². The number of para-hydroxylation sites is 1. The van der Waals surface area contributed by atoms with Crippen LogP contribution in [0.15, 0.2) is 45.3 Å². The summed E-state index contributed by atoms with van der Waals surface area (Å²) < 4.78 is 5.41. The normalized spacial score (nSPS) is 10.3. The molecule has 0 amide bonds. The summed E-state index contributed by atoms with van der Waals surface area (Å²) in [7, 11) is 0. The fraction of sp³-hybridized carbons (Fsp3) is 0.167. The molecule has 0 aliphatic rings. The molecule has 5 nitrogen and oxygen atoms in total. The predicted octanol–water partition coefficient (Wildman–Crippen LogP) is 1.90. The molecule has 0 bridgehead atoms. The summed E-state index contributed by atoms with van der Waals surface area (Å²) in [4.78, 5) is 18.7. The molecule has 2 rings (SSSR count). The molecule has 0 spiro atoms. The number of nitrogens with zero attached hydrogens (tertiary/aromatic N) is 1. The van der Waals surface area contributed by atoms with Crippen molar-refractivity contribution in [2.75, 3.05) is 12.3 Å². The summed E-state index contributed by atoms with van der Waals surface area (Å²) in [6, 6.07) is 6.88. The second kappa shape index (κ2) is 5.59. The van der Waals surface area contributed by atoms with E-state index < -0.39 is 0 Å². The van der Waals surface area contributed by atoms with Crippen LogP contribution in [0.1, 0.15) is 6.92 Å². The molecule has 0 radical (unpaired) electrons. The van der Waals surface area contributed by atoms with Gasteiger partial charge in [0.25, 0.3) is 5.56 Å². The number of hydrogen-bond acceptors (Lipinski definition) is 5. The van der Waals surface area contributed by atoms with Gasteiger partial charge in [0.1, 0.15) is 5.75 Å². The first kappa shape index (κ1) is 12.5. The zero-order chi connectivity index (χ0) is 13.0. The molecule has 0 unspecified atom stereocenters. The van der Waals surface area contributed by atoms with Gasteiger partial charge in [-0.2, -0.15) is 0 Å². The monoisotopic (exact) mass is 263 g/mol. The van der Waals surface area contributed by atoms with Crippen molar-refractivity contribution in [2.45, 2.75) is 17.0 Å². The smallest absolute Gasteiger partial charge is 0.251 e. The molecule has 0 saturated carbocycles. The maximum absolute atomic E-state index is 11.2. The van der Waals surface area contributed by atoms with Crippen LogP contribution < -0.4 is 16.0 Å². The molecule has 0 atom stereocenters. The molecule has 0 aliphatic heterocycles. The summed E-state index contributed by atoms with van der Waals surface area (Å²) in [6.07, 6.45) is 1.46. The molecule has 18 heavy (non-hydrogen) atoms. The van der Waals surface area contributed by atoms with Gasteiger partial charge in [-0.25, -0.2) is 4.98 Å². The van der Waals surface area contributed by atoms with Gasteiger partial charge < -0.3 is 15.5 Å². The third-order valence-corrected chi connectivity index (χ3v) is 3.16. The van der Waals surface area contributed by atoms with E-state index in [0.29, 0.717) is 23.2 Å². The average Bonchev–Trinajstić information content (AvgIpc) is 2.35. The molecule has 1 aromatic carbocycles. The minimum absolute atomic E-state index is 0.188. The summed E-state index contributed by atoms with van der Waals surface area (Å²) in [5, 5.41) is 0.503. The number of ether oxygens (including phenoxy) is 1. The number of rotatable bonds is 4. The van der Waals surface area contributed by atoms with Crippen molar-refractivity contribution in [1.29, 1.82) is 0 Å². The lowest BCUT2D eigenvalue weighted by atomic mass is 10.3. The van der Waals surface area contributed by atoms with Crippen LogP contribution in [0.25, 0.3) is 0 Å². The van der Waals surface area contributed by atoms with Gasteiger partial charge in [0.05, 0.1) is 12.3 Å². The molecule has 0 saturated heterocycles. The Labute approximate surface area is 108 Å². The van der Waals surface area contributed by atoms with Gasteiger partial charge in [-0.3, -0.25) is 4.79 Å². The number of aromatic amines is 1. The van der Waals surface area contributed by atoms with Gasteiger partial charge in [0.2, 0.25) is 0 Å². The van der Waals surface area contributed by atoms with E-state index in [-0.39, 0.29) is 5.56 Å². The zero-order valence-electron chi connectivity index (χ0n) is 9.84. The van der Waals surface area contributed by atoms with Crippen molar-refractivity contribution < 1.29 is 4.74 Å². The average molecular weight is 263 g/mol. The van der Waals surface area contributed by atoms with E-state index >= 15 is 0 Å². The molecule has 0 aliphatic carbocycles. The van der Waals surface area contributed by atoms with Crippen LogP contribution in [0.2, 0.25) is 0 Å². The first-order chi connectivity index (χ1) is 8.70. The molecule has 6 heteroatoms. The minimum Gasteiger partial charge on any atom is -0.492 e. The van der Waals surface area contributed by atoms with Crippen molar-refractivity contribution in [3.8, 4) is 5.75 Å². The Morgan fingerprint density at radius 1 is 1.44 bits per heavy atom. The van der Waals surface area contributed by atoms with E-state index in [4.69, 9.17) is 10.5 Å². The lowest BCUT2D eigenvalue weighted by Gasteiger charge is -2.10. The number of nitrogens with one attached hydrogen (secondary N) is 1. The number of anilines is 1. The fourth-order valence-corrected chi connectivity index (χ4v) is 2.23. The van der Waals surface area contributed by atoms with E-state index in [2.05, 4.69) is 9.97 Å². The molecule has 1 aromatic heterocycles. The van der Waals surface area contributed by atoms with Gasteiger partial charge in [-0.05, 0) is 30.8 Å². The van der Waals surface area contributed by atoms with Gasteiger partial charge >= 0.3 is 0 Å². The summed E-state index contributed by atoms with van der Waals surface area (Å²) in [5.74, 6) is 0.640. The molecule has 0 fully saturated rings. The Morgan fingerprint density at radius 3 is 3.00 bits per heavy atom. The number of H-pyrrole nitrogens is 1. The number of nitrogens with two attached hydrogens (primary N) is 1. The van der Waals surface area contributed by atoms with Crippen LogP contribution >= 0.6 is 11.8 Å². The highest BCUT2D eigenvalue weighted by molar-refractivity contribution is 7.99. The van der Waals surface area contributed by atoms with Gasteiger partial charge in [-0.1, -0.05) is 6.07 Å². The molecule has 3 N–H and O–H groups in total. The van der Waals surface area contributed by atoms with Crippen LogP contribution in [0.5, 0.6) is 5.75 Å². The van der Waals surface area contributed by atoms with Crippen LogP contribution in [0, 0.1) is 0 Å². The molecular weight excluding hydrogens is 250 g/mol. The number of nitrogen functional groups attached to an aromatic ring is 1. The van der Waals surface area contributed by atoms with Crippen LogP contribution in [-0.4, -0.2) is 16.6 Å². The van der Waals surface area contributed by atoms with Crippen molar-refractivity contribution in [3.05, 3.63) is 40.8 Å². The summed E-state index contributed by atoms with van der Waals surface area (Å²) >= 11 is 1.30. The van der Waals surface area contributed by atoms with Crippen molar-refractivity contribution in [2.24, 2.45) is 0 Å². The van der Waals surface area contributed by atoms with E-state index in [1.165, 1.54) is 24.0 Å². The topological polar surface area (TPSA) is 81.0 Å². The Hall–Kier alpha value is -1.95. The van der Waals surface area contributed by atoms with Crippen molar-refractivity contribution >= 4 is 17.4 Å². The predicted molar refractivity (Wildman–Crippen MR) is 71.0 cm³/mol. The van der Waals surface area contributed by atoms with Crippen molar-refractivity contribution in [1.82, 2.24) is 9.97 Å². The maximum atomic E-state index is 11.2. The highest BCUT2D eigenvalue weighted by atomic mass is 32.2. The Kier molecular flexibility index (Phi) is 3.88. The third kappa shape index (κ3) is 2.84. The van der Waals surface area contributed by atoms with E-state index in [1.807, 2.05) is 25.1 Å². The van der Waals surface area contributed by atoms with Crippen LogP contribution in [0.4, 0.5) is 5.69 Å². The Balaban J connectivity index is 2.29. The number of aromatic nitrogens is 2. The van der Waals surface area contributed by atoms with Crippen LogP contribution in [0.3, 0.4) is 0 Å². The van der Waals surface area contributed by atoms with Gasteiger partial charge in [0, 0.05) is 17.2 Å².